The third kappa shape index (κ3) is 34.1. The Morgan fingerprint density at radius 2 is 0.752 bits per heavy atom. The fourth-order valence-electron chi connectivity index (χ4n) is 11.2. The van der Waals surface area contributed by atoms with Crippen molar-refractivity contribution < 1.29 is 128 Å². The predicted octanol–water partition coefficient (Wildman–Crippen LogP) is -2.04. The largest absolute Gasteiger partial charge is 0.508 e. The lowest BCUT2D eigenvalue weighted by atomic mass is 9.99. The van der Waals surface area contributed by atoms with Gasteiger partial charge in [0, 0.05) is 110 Å². The van der Waals surface area contributed by atoms with Crippen molar-refractivity contribution in [1.29, 1.82) is 0 Å². The van der Waals surface area contributed by atoms with Crippen LogP contribution in [0, 0.1) is 0 Å². The summed E-state index contributed by atoms with van der Waals surface area (Å²) in [4.78, 5) is 207. The van der Waals surface area contributed by atoms with Gasteiger partial charge in [0.2, 0.25) is 35.4 Å². The summed E-state index contributed by atoms with van der Waals surface area (Å²) in [6.45, 7) is -1.40. The molecule has 0 saturated carbocycles. The molecule has 1 aliphatic heterocycles. The zero-order chi connectivity index (χ0) is 77.7. The van der Waals surface area contributed by atoms with E-state index in [1.54, 1.807) is 24.3 Å². The van der Waals surface area contributed by atoms with Crippen LogP contribution < -0.4 is 42.5 Å². The first-order valence-electron chi connectivity index (χ1n) is 33.7. The first kappa shape index (κ1) is 86.3. The molecule has 2 unspecified atom stereocenters. The number of carbonyl (C=O) groups excluding carboxylic acids is 7. The van der Waals surface area contributed by atoms with Crippen LogP contribution in [-0.4, -0.2) is 293 Å². The smallest absolute Gasteiger partial charge is 0.326 e. The number of nitrogens with zero attached hydrogens (tertiary/aromatic N) is 4. The van der Waals surface area contributed by atoms with Crippen molar-refractivity contribution in [3.63, 3.8) is 0 Å². The van der Waals surface area contributed by atoms with E-state index >= 15 is 0 Å². The second-order valence-electron chi connectivity index (χ2n) is 24.9. The number of hydrogen-bond acceptors (Lipinski definition) is 21. The summed E-state index contributed by atoms with van der Waals surface area (Å²) in [5, 5.41) is 118. The van der Waals surface area contributed by atoms with Crippen molar-refractivity contribution in [3.05, 3.63) is 77.9 Å². The Morgan fingerprint density at radius 1 is 0.352 bits per heavy atom. The zero-order valence-electron chi connectivity index (χ0n) is 57.5. The number of unbranched alkanes of at least 4 members (excludes halogenated alkanes) is 1. The van der Waals surface area contributed by atoms with Gasteiger partial charge in [-0.15, -0.1) is 0 Å². The maximum Gasteiger partial charge on any atom is 0.326 e. The molecule has 0 bridgehead atoms. The SMILES string of the molecule is O=C(O)CC[C@H](NC(=O)N[C@@H](CCC(=O)NC(CCCNC(=O)CCC(=O)NCCCC[C@@H](NC(=O)[C@@H](Cc1ccc2ccccc2c1)NC(=O)[C@@H](Cc1ccc(O)cc1)NC(=O)CCC(C(=O)O)N1CCN(CC(=O)O)CCN(CC(=O)O)CCN(CC(=O)O)CC1)C(=O)O)C(=O)O)C(=O)O)C(=O)O. The van der Waals surface area contributed by atoms with Crippen molar-refractivity contribution >= 4 is 106 Å². The Kier molecular flexibility index (Phi) is 37.0. The summed E-state index contributed by atoms with van der Waals surface area (Å²) < 4.78 is 0. The Labute approximate surface area is 601 Å². The van der Waals surface area contributed by atoms with E-state index in [4.69, 9.17) is 5.11 Å². The molecule has 0 spiro atoms. The van der Waals surface area contributed by atoms with Crippen LogP contribution in [0.4, 0.5) is 4.79 Å². The maximum absolute atomic E-state index is 14.7. The minimum Gasteiger partial charge on any atom is -0.508 e. The minimum atomic E-state index is -1.74. The summed E-state index contributed by atoms with van der Waals surface area (Å²) in [7, 11) is 0. The number of phenolic OH excluding ortho intramolecular Hbond substituents is 1. The lowest BCUT2D eigenvalue weighted by Gasteiger charge is -2.35. The molecule has 38 nitrogen and oxygen atoms in total. The number of hydrogen-bond donors (Lipinski definition) is 18. The average Bonchev–Trinajstić information content (AvgIpc) is 0.835. The molecule has 18 N–H and O–H groups in total. The highest BCUT2D eigenvalue weighted by atomic mass is 16.4. The number of benzene rings is 3. The summed E-state index contributed by atoms with van der Waals surface area (Å²) in [5.41, 5.74) is 0.946. The lowest BCUT2D eigenvalue weighted by molar-refractivity contribution is -0.145. The topological polar surface area (TPSA) is 585 Å². The van der Waals surface area contributed by atoms with Crippen molar-refractivity contribution in [2.45, 2.75) is 139 Å². The number of nitrogens with one attached hydrogen (secondary N) is 8. The number of urea groups is 1. The van der Waals surface area contributed by atoms with Crippen LogP contribution in [0.1, 0.15) is 94.6 Å². The summed E-state index contributed by atoms with van der Waals surface area (Å²) in [6.07, 6.45) is -4.33. The molecule has 1 aliphatic rings. The number of amides is 8. The first-order valence-corrected chi connectivity index (χ1v) is 33.7. The molecule has 576 valence electrons. The second kappa shape index (κ2) is 45.1. The Bertz CT molecular complexity index is 3490. The zero-order valence-corrected chi connectivity index (χ0v) is 57.5. The lowest BCUT2D eigenvalue weighted by Crippen LogP contribution is -2.57. The van der Waals surface area contributed by atoms with E-state index in [0.717, 1.165) is 10.8 Å². The van der Waals surface area contributed by atoms with E-state index in [1.807, 2.05) is 28.8 Å². The number of fused-ring (bicyclic) bond motifs is 1. The quantitative estimate of drug-likeness (QED) is 0.0271. The van der Waals surface area contributed by atoms with Crippen LogP contribution >= 0.6 is 0 Å². The molecule has 0 aliphatic carbocycles. The van der Waals surface area contributed by atoms with Gasteiger partial charge in [-0.25, -0.2) is 24.0 Å². The van der Waals surface area contributed by atoms with Gasteiger partial charge in [-0.3, -0.25) is 72.3 Å². The monoisotopic (exact) mass is 1480 g/mol. The summed E-state index contributed by atoms with van der Waals surface area (Å²) in [6, 6.07) is 5.95. The number of carboxylic acids is 9. The van der Waals surface area contributed by atoms with Crippen LogP contribution in [0.15, 0.2) is 66.7 Å². The van der Waals surface area contributed by atoms with E-state index in [9.17, 15) is 123 Å². The number of phenols is 1. The fraction of sp³-hybridized carbons (Fsp3) is 0.522. The van der Waals surface area contributed by atoms with Gasteiger partial charge in [0.05, 0.1) is 19.6 Å². The molecule has 3 aromatic rings. The molecule has 38 heteroatoms. The normalized spacial score (nSPS) is 15.3. The molecule has 4 rings (SSSR count). The Hall–Kier alpha value is -11.1. The highest BCUT2D eigenvalue weighted by Gasteiger charge is 2.34. The average molecular weight is 1480 g/mol. The van der Waals surface area contributed by atoms with Gasteiger partial charge >= 0.3 is 59.8 Å². The molecular weight excluding hydrogens is 1390 g/mol. The molecule has 3 aromatic carbocycles. The van der Waals surface area contributed by atoms with Gasteiger partial charge in [-0.2, -0.15) is 0 Å². The van der Waals surface area contributed by atoms with Gasteiger partial charge < -0.3 is 93.6 Å². The van der Waals surface area contributed by atoms with E-state index in [0.29, 0.717) is 11.1 Å². The third-order valence-corrected chi connectivity index (χ3v) is 16.8. The fourth-order valence-corrected chi connectivity index (χ4v) is 11.2. The van der Waals surface area contributed by atoms with Crippen molar-refractivity contribution in [2.75, 3.05) is 85.1 Å². The number of rotatable bonds is 45. The molecule has 1 fully saturated rings. The van der Waals surface area contributed by atoms with Crippen molar-refractivity contribution in [2.24, 2.45) is 0 Å². The van der Waals surface area contributed by atoms with Gasteiger partial charge in [0.15, 0.2) is 0 Å². The standard InChI is InChI=1S/C67H92N12O26/c80-44-14-11-40(12-15-44)35-49(71-55(84)20-18-51(66(103)104)79-32-30-77(38-58(89)90)28-26-76(37-57(87)88)27-29-78(31-33-79)39-59(91)92)60(93)73-50(36-41-10-13-42-6-1-2-7-43(42)34-41)61(94)72-46(63(97)98)8-3-4-24-68-52(81)21-22-53(82)69-25-5-9-45(62(95)96)70-54(83)19-16-47(64(99)100)74-67(105)75-48(65(101)102)17-23-56(85)86/h1-2,6-7,10-15,34,45-51,80H,3-5,8-9,16-33,35-39H2,(H,68,81)(H,69,82)(H,70,83)(H,71,84)(H,72,94)(H,73,93)(H,85,86)(H,87,88)(H,89,90)(H,91,92)(H,95,96)(H,97,98)(H,99,100)(H,101,102)(H,103,104)(H2,74,75,105)/t45?,46-,47+,48+,49-,50-,51?/m1/s1. The van der Waals surface area contributed by atoms with Crippen LogP contribution in [-0.2, 0) is 84.8 Å². The van der Waals surface area contributed by atoms with Gasteiger partial charge in [-0.1, -0.05) is 54.6 Å². The molecule has 105 heavy (non-hydrogen) atoms. The number of carboxylic acid groups (broad SMARTS) is 9. The maximum atomic E-state index is 14.7. The van der Waals surface area contributed by atoms with Crippen molar-refractivity contribution in [3.8, 4) is 5.75 Å². The molecule has 0 aromatic heterocycles. The van der Waals surface area contributed by atoms with Crippen LogP contribution in [0.25, 0.3) is 10.8 Å². The van der Waals surface area contributed by atoms with Crippen LogP contribution in [0.5, 0.6) is 5.75 Å². The van der Waals surface area contributed by atoms with E-state index in [1.165, 1.54) is 43.9 Å². The van der Waals surface area contributed by atoms with Gasteiger partial charge in [-0.05, 0) is 85.4 Å². The van der Waals surface area contributed by atoms with Crippen LogP contribution in [0.2, 0.25) is 0 Å². The van der Waals surface area contributed by atoms with Gasteiger partial charge in [0.25, 0.3) is 0 Å². The molecule has 8 amide bonds. The first-order chi connectivity index (χ1) is 49.7. The molecule has 7 atom stereocenters. The second-order valence-corrected chi connectivity index (χ2v) is 24.9. The number of carbonyl (C=O) groups is 16. The third-order valence-electron chi connectivity index (χ3n) is 16.8. The summed E-state index contributed by atoms with van der Waals surface area (Å²) in [5.74, 6) is -17.3. The summed E-state index contributed by atoms with van der Waals surface area (Å²) >= 11 is 0. The highest BCUT2D eigenvalue weighted by Crippen LogP contribution is 2.19. The van der Waals surface area contributed by atoms with E-state index < -0.39 is 189 Å². The minimum absolute atomic E-state index is 0.00920. The van der Waals surface area contributed by atoms with Crippen molar-refractivity contribution in [1.82, 2.24) is 62.1 Å². The van der Waals surface area contributed by atoms with E-state index in [2.05, 4.69) is 31.9 Å². The molecular formula is C67H92N12O26. The molecule has 1 saturated heterocycles. The van der Waals surface area contributed by atoms with E-state index in [-0.39, 0.29) is 135 Å². The molecule has 1 heterocycles. The number of aliphatic carboxylic acids is 9. The number of aromatic hydroxyl groups is 1. The Morgan fingerprint density at radius 3 is 1.24 bits per heavy atom. The highest BCUT2D eigenvalue weighted by molar-refractivity contribution is 5.94. The molecule has 0 radical (unpaired) electrons. The van der Waals surface area contributed by atoms with Crippen LogP contribution in [0.3, 0.4) is 0 Å². The predicted molar refractivity (Wildman–Crippen MR) is 366 cm³/mol. The Balaban J connectivity index is 1.36. The van der Waals surface area contributed by atoms with Gasteiger partial charge in [0.1, 0.15) is 48.0 Å².